The number of nitrogens with one attached hydrogen (secondary N) is 1. The van der Waals surface area contributed by atoms with E-state index in [1.807, 2.05) is 0 Å². The zero-order valence-electron chi connectivity index (χ0n) is 15.2. The number of hydrogen-bond donors (Lipinski definition) is 1. The van der Waals surface area contributed by atoms with E-state index in [0.29, 0.717) is 11.3 Å². The zero-order valence-corrected chi connectivity index (χ0v) is 17.5. The maximum atomic E-state index is 5.27. The monoisotopic (exact) mass is 425 g/mol. The van der Waals surface area contributed by atoms with Crippen molar-refractivity contribution in [2.75, 3.05) is 39.9 Å². The summed E-state index contributed by atoms with van der Waals surface area (Å²) in [6.07, 6.45) is 4.93. The molecule has 1 heterocycles. The quantitative estimate of drug-likeness (QED) is 0.292. The second-order valence-corrected chi connectivity index (χ2v) is 7.31. The van der Waals surface area contributed by atoms with Crippen molar-refractivity contribution in [2.45, 2.75) is 53.4 Å². The van der Waals surface area contributed by atoms with E-state index in [0.717, 1.165) is 38.7 Å². The molecule has 0 amide bonds. The minimum Gasteiger partial charge on any atom is -0.384 e. The van der Waals surface area contributed by atoms with Crippen LogP contribution in [0.1, 0.15) is 53.4 Å². The third-order valence-corrected chi connectivity index (χ3v) is 3.92. The summed E-state index contributed by atoms with van der Waals surface area (Å²) in [4.78, 5) is 7.19. The Kier molecular flexibility index (Phi) is 11.5. The van der Waals surface area contributed by atoms with Crippen LogP contribution in [-0.2, 0) is 4.74 Å². The Hall–Kier alpha value is -0.0400. The minimum absolute atomic E-state index is 0. The lowest BCUT2D eigenvalue weighted by molar-refractivity contribution is 0.157. The third-order valence-electron chi connectivity index (χ3n) is 3.92. The Labute approximate surface area is 154 Å². The van der Waals surface area contributed by atoms with Gasteiger partial charge in [0.05, 0.1) is 6.61 Å². The molecule has 0 radical (unpaired) electrons. The van der Waals surface area contributed by atoms with Crippen LogP contribution in [0, 0.1) is 11.3 Å². The highest BCUT2D eigenvalue weighted by molar-refractivity contribution is 14.0. The first-order chi connectivity index (χ1) is 9.96. The first-order valence-corrected chi connectivity index (χ1v) is 8.48. The van der Waals surface area contributed by atoms with Crippen molar-refractivity contribution in [2.24, 2.45) is 16.3 Å². The fourth-order valence-electron chi connectivity index (χ4n) is 2.77. The van der Waals surface area contributed by atoms with Crippen LogP contribution < -0.4 is 5.32 Å². The number of likely N-dealkylation sites (tertiary alicyclic amines) is 1. The predicted molar refractivity (Wildman–Crippen MR) is 106 cm³/mol. The lowest BCUT2D eigenvalue weighted by Crippen LogP contribution is -2.40. The molecule has 1 N–H and O–H groups in total. The molecule has 22 heavy (non-hydrogen) atoms. The van der Waals surface area contributed by atoms with Crippen LogP contribution in [0.2, 0.25) is 0 Å². The van der Waals surface area contributed by atoms with E-state index in [2.05, 4.69) is 37.9 Å². The van der Waals surface area contributed by atoms with E-state index < -0.39 is 0 Å². The normalized spacial score (nSPS) is 19.2. The lowest BCUT2D eigenvalue weighted by Gasteiger charge is -2.22. The first kappa shape index (κ1) is 22.0. The molecule has 0 aliphatic carbocycles. The van der Waals surface area contributed by atoms with Gasteiger partial charge in [-0.3, -0.25) is 4.99 Å². The standard InChI is InChI=1S/C17H35N3O.HI/c1-6-18-16(19-11-8-7-10-17(2,3)4)20-12-9-15(13-20)14-21-5;/h15H,6-14H2,1-5H3,(H,18,19);1H. The van der Waals surface area contributed by atoms with Crippen LogP contribution in [0.3, 0.4) is 0 Å². The molecule has 1 aliphatic heterocycles. The molecule has 1 saturated heterocycles. The summed E-state index contributed by atoms with van der Waals surface area (Å²) in [5.74, 6) is 1.74. The van der Waals surface area contributed by atoms with E-state index in [1.165, 1.54) is 25.7 Å². The maximum absolute atomic E-state index is 5.27. The third kappa shape index (κ3) is 9.18. The van der Waals surface area contributed by atoms with Gasteiger partial charge in [-0.05, 0) is 31.6 Å². The van der Waals surface area contributed by atoms with Crippen molar-refractivity contribution in [3.8, 4) is 0 Å². The molecule has 1 aliphatic rings. The number of ether oxygens (including phenoxy) is 1. The van der Waals surface area contributed by atoms with Crippen molar-refractivity contribution < 1.29 is 4.74 Å². The van der Waals surface area contributed by atoms with Crippen LogP contribution in [0.15, 0.2) is 4.99 Å². The first-order valence-electron chi connectivity index (χ1n) is 8.48. The molecule has 0 saturated carbocycles. The van der Waals surface area contributed by atoms with Crippen LogP contribution in [0.25, 0.3) is 0 Å². The largest absolute Gasteiger partial charge is 0.384 e. The molecule has 0 aromatic carbocycles. The average Bonchev–Trinajstić information content (AvgIpc) is 2.85. The van der Waals surface area contributed by atoms with Gasteiger partial charge in [-0.25, -0.2) is 0 Å². The van der Waals surface area contributed by atoms with Gasteiger partial charge in [0.1, 0.15) is 0 Å². The Bertz CT molecular complexity index is 316. The Morgan fingerprint density at radius 2 is 2.05 bits per heavy atom. The van der Waals surface area contributed by atoms with Crippen molar-refractivity contribution in [3.63, 3.8) is 0 Å². The van der Waals surface area contributed by atoms with Crippen LogP contribution in [-0.4, -0.2) is 50.8 Å². The van der Waals surface area contributed by atoms with Gasteiger partial charge in [-0.1, -0.05) is 27.2 Å². The van der Waals surface area contributed by atoms with Gasteiger partial charge >= 0.3 is 0 Å². The average molecular weight is 425 g/mol. The molecule has 132 valence electrons. The molecule has 5 heteroatoms. The molecule has 4 nitrogen and oxygen atoms in total. The SMILES string of the molecule is CCNC(=NCCCCC(C)(C)C)N1CCC(COC)C1.I. The summed E-state index contributed by atoms with van der Waals surface area (Å²) in [6.45, 7) is 14.0. The summed E-state index contributed by atoms with van der Waals surface area (Å²) >= 11 is 0. The molecule has 1 unspecified atom stereocenters. The number of nitrogens with zero attached hydrogens (tertiary/aromatic N) is 2. The summed E-state index contributed by atoms with van der Waals surface area (Å²) in [5, 5.41) is 3.43. The number of aliphatic imine (C=N–C) groups is 1. The number of guanidine groups is 1. The van der Waals surface area contributed by atoms with Crippen LogP contribution in [0.4, 0.5) is 0 Å². The molecule has 0 aromatic rings. The van der Waals surface area contributed by atoms with Gasteiger partial charge in [-0.2, -0.15) is 0 Å². The highest BCUT2D eigenvalue weighted by Gasteiger charge is 2.24. The van der Waals surface area contributed by atoms with Crippen molar-refractivity contribution in [1.29, 1.82) is 0 Å². The summed E-state index contributed by atoms with van der Waals surface area (Å²) in [5.41, 5.74) is 0.441. The second-order valence-electron chi connectivity index (χ2n) is 7.31. The molecular formula is C17H36IN3O. The van der Waals surface area contributed by atoms with Crippen molar-refractivity contribution in [3.05, 3.63) is 0 Å². The summed E-state index contributed by atoms with van der Waals surface area (Å²) < 4.78 is 5.27. The van der Waals surface area contributed by atoms with Crippen molar-refractivity contribution >= 4 is 29.9 Å². The number of rotatable bonds is 7. The van der Waals surface area contributed by atoms with Gasteiger partial charge < -0.3 is 15.0 Å². The number of unbranched alkanes of at least 4 members (excludes halogenated alkanes) is 1. The highest BCUT2D eigenvalue weighted by atomic mass is 127. The Morgan fingerprint density at radius 1 is 1.32 bits per heavy atom. The van der Waals surface area contributed by atoms with E-state index in [1.54, 1.807) is 7.11 Å². The molecule has 0 spiro atoms. The van der Waals surface area contributed by atoms with Gasteiger partial charge in [0.25, 0.3) is 0 Å². The highest BCUT2D eigenvalue weighted by Crippen LogP contribution is 2.21. The van der Waals surface area contributed by atoms with E-state index in [9.17, 15) is 0 Å². The van der Waals surface area contributed by atoms with Crippen LogP contribution >= 0.6 is 24.0 Å². The van der Waals surface area contributed by atoms with Gasteiger partial charge in [0.2, 0.25) is 0 Å². The fourth-order valence-corrected chi connectivity index (χ4v) is 2.77. The Morgan fingerprint density at radius 3 is 2.64 bits per heavy atom. The lowest BCUT2D eigenvalue weighted by atomic mass is 9.90. The van der Waals surface area contributed by atoms with E-state index >= 15 is 0 Å². The van der Waals surface area contributed by atoms with Gasteiger partial charge in [-0.15, -0.1) is 24.0 Å². The molecule has 0 aromatic heterocycles. The summed E-state index contributed by atoms with van der Waals surface area (Å²) in [6, 6.07) is 0. The molecule has 1 rings (SSSR count). The molecule has 1 fully saturated rings. The number of halogens is 1. The van der Waals surface area contributed by atoms with Crippen molar-refractivity contribution in [1.82, 2.24) is 10.2 Å². The molecule has 1 atom stereocenters. The maximum Gasteiger partial charge on any atom is 0.193 e. The fraction of sp³-hybridized carbons (Fsp3) is 0.941. The van der Waals surface area contributed by atoms with Crippen LogP contribution in [0.5, 0.6) is 0 Å². The van der Waals surface area contributed by atoms with Gasteiger partial charge in [0.15, 0.2) is 5.96 Å². The predicted octanol–water partition coefficient (Wildman–Crippen LogP) is 3.75. The summed E-state index contributed by atoms with van der Waals surface area (Å²) in [7, 11) is 1.79. The minimum atomic E-state index is 0. The zero-order chi connectivity index (χ0) is 15.7. The molecular weight excluding hydrogens is 389 g/mol. The van der Waals surface area contributed by atoms with E-state index in [-0.39, 0.29) is 24.0 Å². The second kappa shape index (κ2) is 11.5. The van der Waals surface area contributed by atoms with Gasteiger partial charge in [0, 0.05) is 39.2 Å². The number of methoxy groups -OCH3 is 1. The Balaban J connectivity index is 0.00000441. The topological polar surface area (TPSA) is 36.9 Å². The molecule has 0 bridgehead atoms. The van der Waals surface area contributed by atoms with E-state index in [4.69, 9.17) is 9.73 Å². The smallest absolute Gasteiger partial charge is 0.193 e. The number of hydrogen-bond acceptors (Lipinski definition) is 2.